The minimum atomic E-state index is 0.661. The SMILES string of the molecule is CC(CN1CCCCC1)NC1CCN2CCCC12. The van der Waals surface area contributed by atoms with Gasteiger partial charge in [-0.2, -0.15) is 0 Å². The smallest absolute Gasteiger partial charge is 0.0250 e. The van der Waals surface area contributed by atoms with E-state index in [1.165, 1.54) is 71.2 Å². The average molecular weight is 251 g/mol. The molecule has 3 unspecified atom stereocenters. The third-order valence-electron chi connectivity index (χ3n) is 5.09. The van der Waals surface area contributed by atoms with Crippen LogP contribution < -0.4 is 5.32 Å². The molecule has 0 aromatic heterocycles. The molecule has 3 heterocycles. The van der Waals surface area contributed by atoms with Gasteiger partial charge in [0.05, 0.1) is 0 Å². The second kappa shape index (κ2) is 5.89. The highest BCUT2D eigenvalue weighted by Gasteiger charge is 2.37. The maximum atomic E-state index is 3.91. The van der Waals surface area contributed by atoms with Gasteiger partial charge in [0.25, 0.3) is 0 Å². The predicted octanol–water partition coefficient (Wildman–Crippen LogP) is 1.69. The Labute approximate surface area is 112 Å². The van der Waals surface area contributed by atoms with Crippen LogP contribution >= 0.6 is 0 Å². The number of nitrogens with one attached hydrogen (secondary N) is 1. The molecule has 3 heteroatoms. The number of fused-ring (bicyclic) bond motifs is 1. The number of rotatable bonds is 4. The van der Waals surface area contributed by atoms with Crippen molar-refractivity contribution in [1.29, 1.82) is 0 Å². The Balaban J connectivity index is 1.44. The zero-order chi connectivity index (χ0) is 12.4. The van der Waals surface area contributed by atoms with Gasteiger partial charge >= 0.3 is 0 Å². The van der Waals surface area contributed by atoms with Gasteiger partial charge < -0.3 is 10.2 Å². The predicted molar refractivity (Wildman–Crippen MR) is 75.9 cm³/mol. The van der Waals surface area contributed by atoms with Crippen LogP contribution in [0.15, 0.2) is 0 Å². The van der Waals surface area contributed by atoms with Crippen molar-refractivity contribution in [2.45, 2.75) is 63.6 Å². The highest BCUT2D eigenvalue weighted by molar-refractivity contribution is 4.96. The molecule has 3 fully saturated rings. The Bertz CT molecular complexity index is 262. The van der Waals surface area contributed by atoms with E-state index in [4.69, 9.17) is 0 Å². The normalized spacial score (nSPS) is 35.8. The van der Waals surface area contributed by atoms with Crippen molar-refractivity contribution in [2.75, 3.05) is 32.7 Å². The van der Waals surface area contributed by atoms with Crippen LogP contribution in [-0.2, 0) is 0 Å². The van der Waals surface area contributed by atoms with E-state index in [1.807, 2.05) is 0 Å². The zero-order valence-electron chi connectivity index (χ0n) is 11.9. The molecular formula is C15H29N3. The summed E-state index contributed by atoms with van der Waals surface area (Å²) in [6, 6.07) is 2.29. The Kier molecular flexibility index (Phi) is 4.22. The maximum absolute atomic E-state index is 3.91. The summed E-state index contributed by atoms with van der Waals surface area (Å²) < 4.78 is 0. The lowest BCUT2D eigenvalue weighted by Gasteiger charge is -2.31. The molecule has 3 aliphatic heterocycles. The molecule has 0 radical (unpaired) electrons. The molecule has 3 nitrogen and oxygen atoms in total. The van der Waals surface area contributed by atoms with Gasteiger partial charge in [-0.3, -0.25) is 4.90 Å². The van der Waals surface area contributed by atoms with E-state index in [2.05, 4.69) is 22.0 Å². The first kappa shape index (κ1) is 12.9. The molecule has 18 heavy (non-hydrogen) atoms. The van der Waals surface area contributed by atoms with Crippen molar-refractivity contribution in [3.63, 3.8) is 0 Å². The molecular weight excluding hydrogens is 222 g/mol. The Morgan fingerprint density at radius 1 is 1.00 bits per heavy atom. The highest BCUT2D eigenvalue weighted by atomic mass is 15.2. The van der Waals surface area contributed by atoms with Crippen LogP contribution in [-0.4, -0.2) is 60.6 Å². The Morgan fingerprint density at radius 2 is 1.83 bits per heavy atom. The van der Waals surface area contributed by atoms with E-state index in [-0.39, 0.29) is 0 Å². The van der Waals surface area contributed by atoms with Gasteiger partial charge in [0, 0.05) is 31.2 Å². The summed E-state index contributed by atoms with van der Waals surface area (Å²) in [4.78, 5) is 5.35. The van der Waals surface area contributed by atoms with E-state index >= 15 is 0 Å². The maximum Gasteiger partial charge on any atom is 0.0250 e. The quantitative estimate of drug-likeness (QED) is 0.820. The van der Waals surface area contributed by atoms with E-state index < -0.39 is 0 Å². The average Bonchev–Trinajstić information content (AvgIpc) is 2.95. The van der Waals surface area contributed by atoms with Crippen LogP contribution in [0, 0.1) is 0 Å². The fraction of sp³-hybridized carbons (Fsp3) is 1.00. The molecule has 3 saturated heterocycles. The lowest BCUT2D eigenvalue weighted by molar-refractivity contribution is 0.199. The van der Waals surface area contributed by atoms with Crippen LogP contribution in [0.5, 0.6) is 0 Å². The monoisotopic (exact) mass is 251 g/mol. The van der Waals surface area contributed by atoms with Crippen molar-refractivity contribution < 1.29 is 0 Å². The fourth-order valence-electron chi connectivity index (χ4n) is 4.22. The first-order chi connectivity index (χ1) is 8.83. The van der Waals surface area contributed by atoms with Crippen LogP contribution in [0.25, 0.3) is 0 Å². The van der Waals surface area contributed by atoms with Crippen LogP contribution in [0.4, 0.5) is 0 Å². The van der Waals surface area contributed by atoms with Crippen LogP contribution in [0.3, 0.4) is 0 Å². The third kappa shape index (κ3) is 2.89. The molecule has 0 aromatic carbocycles. The van der Waals surface area contributed by atoms with Gasteiger partial charge in [0.2, 0.25) is 0 Å². The molecule has 3 aliphatic rings. The summed E-state index contributed by atoms with van der Waals surface area (Å²) in [5, 5.41) is 3.91. The Hall–Kier alpha value is -0.120. The number of hydrogen-bond donors (Lipinski definition) is 1. The molecule has 0 amide bonds. The molecule has 0 bridgehead atoms. The van der Waals surface area contributed by atoms with Gasteiger partial charge in [-0.15, -0.1) is 0 Å². The van der Waals surface area contributed by atoms with Gasteiger partial charge in [-0.1, -0.05) is 6.42 Å². The molecule has 1 N–H and O–H groups in total. The summed E-state index contributed by atoms with van der Waals surface area (Å²) in [6.45, 7) is 8.97. The summed E-state index contributed by atoms with van der Waals surface area (Å²) >= 11 is 0. The molecule has 104 valence electrons. The van der Waals surface area contributed by atoms with Crippen molar-refractivity contribution in [2.24, 2.45) is 0 Å². The number of piperidine rings is 1. The minimum absolute atomic E-state index is 0.661. The number of hydrogen-bond acceptors (Lipinski definition) is 3. The van der Waals surface area contributed by atoms with E-state index in [0.29, 0.717) is 6.04 Å². The molecule has 0 aliphatic carbocycles. The van der Waals surface area contributed by atoms with Gasteiger partial charge in [0.1, 0.15) is 0 Å². The topological polar surface area (TPSA) is 18.5 Å². The number of nitrogens with zero attached hydrogens (tertiary/aromatic N) is 2. The van der Waals surface area contributed by atoms with Crippen molar-refractivity contribution in [3.8, 4) is 0 Å². The second-order valence-electron chi connectivity index (χ2n) is 6.57. The molecule has 0 saturated carbocycles. The molecule has 0 spiro atoms. The first-order valence-electron chi connectivity index (χ1n) is 8.05. The third-order valence-corrected chi connectivity index (χ3v) is 5.09. The molecule has 0 aromatic rings. The Morgan fingerprint density at radius 3 is 2.67 bits per heavy atom. The van der Waals surface area contributed by atoms with Crippen LogP contribution in [0.1, 0.15) is 45.4 Å². The van der Waals surface area contributed by atoms with Gasteiger partial charge in [-0.25, -0.2) is 0 Å². The first-order valence-corrected chi connectivity index (χ1v) is 8.05. The molecule has 3 rings (SSSR count). The summed E-state index contributed by atoms with van der Waals surface area (Å²) in [7, 11) is 0. The highest BCUT2D eigenvalue weighted by Crippen LogP contribution is 2.28. The number of likely N-dealkylation sites (tertiary alicyclic amines) is 1. The lowest BCUT2D eigenvalue weighted by atomic mass is 10.1. The fourth-order valence-corrected chi connectivity index (χ4v) is 4.22. The summed E-state index contributed by atoms with van der Waals surface area (Å²) in [5.41, 5.74) is 0. The standard InChI is InChI=1S/C15H29N3/c1-13(12-17-8-3-2-4-9-17)16-14-7-11-18-10-5-6-15(14)18/h13-16H,2-12H2,1H3. The van der Waals surface area contributed by atoms with Crippen LogP contribution in [0.2, 0.25) is 0 Å². The van der Waals surface area contributed by atoms with E-state index in [0.717, 1.165) is 12.1 Å². The van der Waals surface area contributed by atoms with Crippen molar-refractivity contribution >= 4 is 0 Å². The summed E-state index contributed by atoms with van der Waals surface area (Å²) in [5.74, 6) is 0. The van der Waals surface area contributed by atoms with Crippen molar-refractivity contribution in [3.05, 3.63) is 0 Å². The largest absolute Gasteiger partial charge is 0.309 e. The summed E-state index contributed by atoms with van der Waals surface area (Å²) in [6.07, 6.45) is 8.48. The van der Waals surface area contributed by atoms with E-state index in [9.17, 15) is 0 Å². The van der Waals surface area contributed by atoms with Gasteiger partial charge in [-0.05, 0) is 58.7 Å². The lowest BCUT2D eigenvalue weighted by Crippen LogP contribution is -2.48. The molecule has 3 atom stereocenters. The van der Waals surface area contributed by atoms with Gasteiger partial charge in [0.15, 0.2) is 0 Å². The van der Waals surface area contributed by atoms with E-state index in [1.54, 1.807) is 0 Å². The minimum Gasteiger partial charge on any atom is -0.309 e. The second-order valence-corrected chi connectivity index (χ2v) is 6.57. The van der Waals surface area contributed by atoms with Crippen molar-refractivity contribution in [1.82, 2.24) is 15.1 Å². The zero-order valence-corrected chi connectivity index (χ0v) is 11.9.